The van der Waals surface area contributed by atoms with Gasteiger partial charge in [-0.2, -0.15) is 0 Å². The number of carbonyl (C=O) groups is 2. The number of pyridine rings is 1. The Morgan fingerprint density at radius 2 is 2.00 bits per heavy atom. The highest BCUT2D eigenvalue weighted by molar-refractivity contribution is 6.29. The molecule has 3 heterocycles. The van der Waals surface area contributed by atoms with Gasteiger partial charge in [0.2, 0.25) is 0 Å². The van der Waals surface area contributed by atoms with Gasteiger partial charge in [-0.15, -0.1) is 0 Å². The van der Waals surface area contributed by atoms with Crippen LogP contribution >= 0.6 is 11.6 Å². The van der Waals surface area contributed by atoms with Crippen LogP contribution in [0.15, 0.2) is 24.5 Å². The fourth-order valence-electron chi connectivity index (χ4n) is 3.34. The number of piperazine rings is 1. The van der Waals surface area contributed by atoms with Crippen molar-refractivity contribution < 1.29 is 19.4 Å². The van der Waals surface area contributed by atoms with E-state index < -0.39 is 11.7 Å². The highest BCUT2D eigenvalue weighted by atomic mass is 35.5. The summed E-state index contributed by atoms with van der Waals surface area (Å²) in [6, 6.07) is 4.34. The zero-order chi connectivity index (χ0) is 23.5. The lowest BCUT2D eigenvalue weighted by Gasteiger charge is -2.39. The van der Waals surface area contributed by atoms with Gasteiger partial charge in [-0.05, 0) is 44.5 Å². The second-order valence-corrected chi connectivity index (χ2v) is 8.85. The first kappa shape index (κ1) is 23.8. The number of rotatable bonds is 4. The number of halogens is 1. The highest BCUT2D eigenvalue weighted by Crippen LogP contribution is 2.27. The Balaban J connectivity index is 1.91. The van der Waals surface area contributed by atoms with Gasteiger partial charge in [-0.1, -0.05) is 11.6 Å². The van der Waals surface area contributed by atoms with Crippen molar-refractivity contribution in [2.75, 3.05) is 26.7 Å². The van der Waals surface area contributed by atoms with E-state index in [0.29, 0.717) is 24.5 Å². The second kappa shape index (κ2) is 9.76. The van der Waals surface area contributed by atoms with Crippen molar-refractivity contribution in [2.24, 2.45) is 0 Å². The number of aliphatic hydroxyl groups is 1. The molecule has 1 saturated heterocycles. The summed E-state index contributed by atoms with van der Waals surface area (Å²) in [5, 5.41) is 15.8. The van der Waals surface area contributed by atoms with Crippen LogP contribution in [0.3, 0.4) is 0 Å². The molecule has 0 radical (unpaired) electrons. The summed E-state index contributed by atoms with van der Waals surface area (Å²) in [4.78, 5) is 38.6. The van der Waals surface area contributed by atoms with Crippen molar-refractivity contribution in [3.05, 3.63) is 40.9 Å². The van der Waals surface area contributed by atoms with Crippen LogP contribution in [-0.4, -0.2) is 75.3 Å². The molecule has 11 heteroatoms. The third-order valence-corrected chi connectivity index (χ3v) is 4.95. The molecule has 32 heavy (non-hydrogen) atoms. The average Bonchev–Trinajstić information content (AvgIpc) is 2.76. The van der Waals surface area contributed by atoms with E-state index in [2.05, 4.69) is 25.6 Å². The second-order valence-electron chi connectivity index (χ2n) is 8.46. The predicted molar refractivity (Wildman–Crippen MR) is 118 cm³/mol. The first-order valence-electron chi connectivity index (χ1n) is 10.2. The van der Waals surface area contributed by atoms with Crippen LogP contribution in [0, 0.1) is 0 Å². The maximum absolute atomic E-state index is 12.6. The molecule has 3 rings (SSSR count). The molecule has 0 aliphatic carbocycles. The molecule has 0 bridgehead atoms. The fraction of sp³-hybridized carbons (Fsp3) is 0.476. The fourth-order valence-corrected chi connectivity index (χ4v) is 3.55. The Morgan fingerprint density at radius 3 is 2.66 bits per heavy atom. The molecule has 2 atom stereocenters. The van der Waals surface area contributed by atoms with Gasteiger partial charge >= 0.3 is 6.09 Å². The lowest BCUT2D eigenvalue weighted by Crippen LogP contribution is -2.56. The van der Waals surface area contributed by atoms with Crippen LogP contribution in [-0.2, 0) is 4.74 Å². The van der Waals surface area contributed by atoms with Crippen molar-refractivity contribution >= 4 is 23.6 Å². The molecule has 1 fully saturated rings. The summed E-state index contributed by atoms with van der Waals surface area (Å²) >= 11 is 6.29. The molecule has 3 N–H and O–H groups in total. The minimum absolute atomic E-state index is 0.150. The van der Waals surface area contributed by atoms with Crippen molar-refractivity contribution in [1.29, 1.82) is 0 Å². The third-order valence-electron chi connectivity index (χ3n) is 4.76. The van der Waals surface area contributed by atoms with E-state index >= 15 is 0 Å². The number of nitrogens with zero attached hydrogens (tertiary/aromatic N) is 4. The molecule has 172 valence electrons. The minimum atomic E-state index is -0.630. The average molecular weight is 463 g/mol. The van der Waals surface area contributed by atoms with E-state index in [1.54, 1.807) is 37.8 Å². The van der Waals surface area contributed by atoms with Crippen LogP contribution in [0.1, 0.15) is 42.9 Å². The number of aliphatic hydroxyl groups excluding tert-OH is 1. The molecular formula is C21H27ClN6O4. The standard InChI is InChI=1S/C21H27ClN6O4/c1-21(2,3)32-20(31)28-8-13(10-29)26-17(9-28)12-5-15(27-18(22)6-12)14-7-16(19(30)23-4)25-11-24-14/h5-7,11,13,17,26,29H,8-10H2,1-4H3,(H,23,30)/t13-,17-/m1/s1. The van der Waals surface area contributed by atoms with Gasteiger partial charge in [0.25, 0.3) is 5.91 Å². The molecule has 1 aliphatic rings. The first-order chi connectivity index (χ1) is 15.1. The normalized spacial score (nSPS) is 18.9. The van der Waals surface area contributed by atoms with E-state index in [9.17, 15) is 14.7 Å². The third kappa shape index (κ3) is 5.90. The Bertz CT molecular complexity index is 996. The number of ether oxygens (including phenoxy) is 1. The molecule has 0 spiro atoms. The zero-order valence-electron chi connectivity index (χ0n) is 18.4. The largest absolute Gasteiger partial charge is 0.444 e. The van der Waals surface area contributed by atoms with E-state index in [1.165, 1.54) is 19.4 Å². The van der Waals surface area contributed by atoms with Gasteiger partial charge in [-0.3, -0.25) is 4.79 Å². The number of aromatic nitrogens is 3. The smallest absolute Gasteiger partial charge is 0.410 e. The quantitative estimate of drug-likeness (QED) is 0.586. The highest BCUT2D eigenvalue weighted by Gasteiger charge is 2.33. The Labute approximate surface area is 191 Å². The lowest BCUT2D eigenvalue weighted by atomic mass is 10.0. The summed E-state index contributed by atoms with van der Waals surface area (Å²) in [5.41, 5.74) is 1.21. The number of hydrogen-bond acceptors (Lipinski definition) is 8. The van der Waals surface area contributed by atoms with E-state index in [4.69, 9.17) is 16.3 Å². The number of amides is 2. The molecule has 1 aliphatic heterocycles. The predicted octanol–water partition coefficient (Wildman–Crippen LogP) is 1.79. The lowest BCUT2D eigenvalue weighted by molar-refractivity contribution is 0.0123. The van der Waals surface area contributed by atoms with Gasteiger partial charge in [0.15, 0.2) is 0 Å². The Morgan fingerprint density at radius 1 is 1.25 bits per heavy atom. The first-order valence-corrected chi connectivity index (χ1v) is 10.5. The van der Waals surface area contributed by atoms with Crippen LogP contribution < -0.4 is 10.6 Å². The van der Waals surface area contributed by atoms with Crippen molar-refractivity contribution in [2.45, 2.75) is 38.5 Å². The molecule has 0 saturated carbocycles. The summed E-state index contributed by atoms with van der Waals surface area (Å²) in [6.45, 7) is 5.89. The van der Waals surface area contributed by atoms with E-state index in [0.717, 1.165) is 5.56 Å². The molecule has 0 unspecified atom stereocenters. The molecular weight excluding hydrogens is 436 g/mol. The summed E-state index contributed by atoms with van der Waals surface area (Å²) in [5.74, 6) is -0.344. The van der Waals surface area contributed by atoms with Crippen LogP contribution in [0.2, 0.25) is 5.15 Å². The van der Waals surface area contributed by atoms with Gasteiger partial charge in [-0.25, -0.2) is 19.7 Å². The van der Waals surface area contributed by atoms with Crippen molar-refractivity contribution in [1.82, 2.24) is 30.5 Å². The van der Waals surface area contributed by atoms with E-state index in [1.807, 2.05) is 0 Å². The summed E-state index contributed by atoms with van der Waals surface area (Å²) in [6.07, 6.45) is 0.835. The Kier molecular flexibility index (Phi) is 7.27. The number of carbonyl (C=O) groups excluding carboxylic acids is 2. The van der Waals surface area contributed by atoms with Gasteiger partial charge in [0.05, 0.1) is 24.0 Å². The SMILES string of the molecule is CNC(=O)c1cc(-c2cc([C@H]3CN(C(=O)OC(C)(C)C)C[C@H](CO)N3)cc(Cl)n2)ncn1. The van der Waals surface area contributed by atoms with Crippen LogP contribution in [0.25, 0.3) is 11.4 Å². The summed E-state index contributed by atoms with van der Waals surface area (Å²) < 4.78 is 5.50. The Hall–Kier alpha value is -2.82. The minimum Gasteiger partial charge on any atom is -0.444 e. The molecule has 0 aromatic carbocycles. The van der Waals surface area contributed by atoms with Gasteiger partial charge in [0, 0.05) is 26.2 Å². The summed E-state index contributed by atoms with van der Waals surface area (Å²) in [7, 11) is 1.52. The van der Waals surface area contributed by atoms with Crippen LogP contribution in [0.5, 0.6) is 0 Å². The maximum atomic E-state index is 12.6. The van der Waals surface area contributed by atoms with Crippen molar-refractivity contribution in [3.8, 4) is 11.4 Å². The van der Waals surface area contributed by atoms with E-state index in [-0.39, 0.29) is 35.4 Å². The van der Waals surface area contributed by atoms with Crippen LogP contribution in [0.4, 0.5) is 4.79 Å². The van der Waals surface area contributed by atoms with Crippen molar-refractivity contribution in [3.63, 3.8) is 0 Å². The molecule has 10 nitrogen and oxygen atoms in total. The number of nitrogens with one attached hydrogen (secondary N) is 2. The monoisotopic (exact) mass is 462 g/mol. The molecule has 2 aromatic heterocycles. The molecule has 2 aromatic rings. The van der Waals surface area contributed by atoms with Gasteiger partial charge < -0.3 is 25.4 Å². The molecule has 2 amide bonds. The zero-order valence-corrected chi connectivity index (χ0v) is 19.2. The topological polar surface area (TPSA) is 130 Å². The maximum Gasteiger partial charge on any atom is 0.410 e. The number of hydrogen-bond donors (Lipinski definition) is 3. The van der Waals surface area contributed by atoms with Gasteiger partial charge in [0.1, 0.15) is 22.8 Å².